The molecule has 2 heterocycles. The Morgan fingerprint density at radius 1 is 1.19 bits per heavy atom. The van der Waals surface area contributed by atoms with Crippen molar-refractivity contribution in [2.45, 2.75) is 39.0 Å². The van der Waals surface area contributed by atoms with Crippen LogP contribution in [0.15, 0.2) is 24.3 Å². The third-order valence-corrected chi connectivity index (χ3v) is 4.76. The van der Waals surface area contributed by atoms with Crippen LogP contribution in [-0.4, -0.2) is 37.1 Å². The summed E-state index contributed by atoms with van der Waals surface area (Å²) in [5, 5.41) is 0. The van der Waals surface area contributed by atoms with Crippen LogP contribution in [0.3, 0.4) is 0 Å². The molecule has 0 N–H and O–H groups in total. The van der Waals surface area contributed by atoms with Crippen molar-refractivity contribution in [2.75, 3.05) is 26.3 Å². The zero-order valence-electron chi connectivity index (χ0n) is 13.3. The second-order valence-electron chi connectivity index (χ2n) is 7.65. The first-order chi connectivity index (χ1) is 9.90. The third-order valence-electron chi connectivity index (χ3n) is 4.76. The molecule has 0 saturated carbocycles. The predicted octanol–water partition coefficient (Wildman–Crippen LogP) is 3.24. The van der Waals surface area contributed by atoms with Crippen molar-refractivity contribution in [2.24, 2.45) is 5.41 Å². The van der Waals surface area contributed by atoms with E-state index >= 15 is 0 Å². The molecule has 0 bridgehead atoms. The number of benzene rings is 1. The fourth-order valence-electron chi connectivity index (χ4n) is 3.30. The van der Waals surface area contributed by atoms with Gasteiger partial charge in [-0.3, -0.25) is 4.79 Å². The van der Waals surface area contributed by atoms with Crippen LogP contribution >= 0.6 is 0 Å². The van der Waals surface area contributed by atoms with E-state index in [0.717, 1.165) is 38.3 Å². The van der Waals surface area contributed by atoms with Gasteiger partial charge >= 0.3 is 0 Å². The summed E-state index contributed by atoms with van der Waals surface area (Å²) in [7, 11) is 0. The Morgan fingerprint density at radius 2 is 1.86 bits per heavy atom. The van der Waals surface area contributed by atoms with Crippen LogP contribution in [0.25, 0.3) is 0 Å². The number of carbonyl (C=O) groups is 1. The highest BCUT2D eigenvalue weighted by molar-refractivity contribution is 5.94. The quantitative estimate of drug-likeness (QED) is 0.793. The summed E-state index contributed by atoms with van der Waals surface area (Å²) in [6, 6.07) is 8.11. The van der Waals surface area contributed by atoms with Gasteiger partial charge < -0.3 is 9.64 Å². The number of amides is 1. The number of piperidine rings is 1. The van der Waals surface area contributed by atoms with Gasteiger partial charge in [-0.2, -0.15) is 0 Å². The molecule has 21 heavy (non-hydrogen) atoms. The average molecular weight is 287 g/mol. The first kappa shape index (κ1) is 14.6. The summed E-state index contributed by atoms with van der Waals surface area (Å²) in [5.74, 6) is 0.168. The van der Waals surface area contributed by atoms with Gasteiger partial charge in [0.2, 0.25) is 0 Å². The molecule has 114 valence electrons. The molecule has 0 aromatic heterocycles. The summed E-state index contributed by atoms with van der Waals surface area (Å²) in [6.07, 6.45) is 2.29. The Labute approximate surface area is 127 Å². The second-order valence-corrected chi connectivity index (χ2v) is 7.65. The summed E-state index contributed by atoms with van der Waals surface area (Å²) < 4.78 is 5.36. The molecule has 0 radical (unpaired) electrons. The van der Waals surface area contributed by atoms with Gasteiger partial charge in [-0.15, -0.1) is 0 Å². The minimum atomic E-state index is 0.125. The van der Waals surface area contributed by atoms with Crippen molar-refractivity contribution in [1.82, 2.24) is 4.90 Å². The Bertz CT molecular complexity index is 523. The fraction of sp³-hybridized carbons (Fsp3) is 0.611. The number of likely N-dealkylation sites (tertiary alicyclic amines) is 1. The van der Waals surface area contributed by atoms with E-state index < -0.39 is 0 Å². The number of ether oxygens (including phenoxy) is 1. The Kier molecular flexibility index (Phi) is 3.56. The van der Waals surface area contributed by atoms with E-state index in [-0.39, 0.29) is 16.7 Å². The average Bonchev–Trinajstić information content (AvgIpc) is 2.44. The van der Waals surface area contributed by atoms with E-state index in [1.54, 1.807) is 0 Å². The van der Waals surface area contributed by atoms with Crippen LogP contribution < -0.4 is 0 Å². The van der Waals surface area contributed by atoms with E-state index in [0.29, 0.717) is 0 Å². The number of rotatable bonds is 1. The lowest BCUT2D eigenvalue weighted by Crippen LogP contribution is -2.55. The molecule has 2 saturated heterocycles. The topological polar surface area (TPSA) is 29.5 Å². The lowest BCUT2D eigenvalue weighted by Gasteiger charge is -2.48. The van der Waals surface area contributed by atoms with Gasteiger partial charge in [0.15, 0.2) is 0 Å². The zero-order chi connectivity index (χ0) is 15.1. The number of hydrogen-bond acceptors (Lipinski definition) is 2. The first-order valence-electron chi connectivity index (χ1n) is 7.87. The highest BCUT2D eigenvalue weighted by Gasteiger charge is 2.43. The van der Waals surface area contributed by atoms with Gasteiger partial charge in [0.25, 0.3) is 5.91 Å². The molecule has 3 rings (SSSR count). The minimum absolute atomic E-state index is 0.125. The molecule has 1 amide bonds. The third kappa shape index (κ3) is 2.84. The molecule has 0 aliphatic carbocycles. The molecule has 2 aliphatic heterocycles. The molecular formula is C18H25NO2. The Hall–Kier alpha value is -1.35. The van der Waals surface area contributed by atoms with Crippen molar-refractivity contribution in [3.63, 3.8) is 0 Å². The number of nitrogens with zero attached hydrogens (tertiary/aromatic N) is 1. The van der Waals surface area contributed by atoms with E-state index in [2.05, 4.69) is 32.9 Å². The molecule has 1 aromatic rings. The lowest BCUT2D eigenvalue weighted by molar-refractivity contribution is -0.138. The highest BCUT2D eigenvalue weighted by atomic mass is 16.5. The van der Waals surface area contributed by atoms with E-state index in [9.17, 15) is 4.79 Å². The maximum atomic E-state index is 12.7. The van der Waals surface area contributed by atoms with Crippen molar-refractivity contribution in [3.05, 3.63) is 35.4 Å². The fourth-order valence-corrected chi connectivity index (χ4v) is 3.30. The predicted molar refractivity (Wildman–Crippen MR) is 83.5 cm³/mol. The van der Waals surface area contributed by atoms with Crippen LogP contribution in [0, 0.1) is 5.41 Å². The van der Waals surface area contributed by atoms with Gasteiger partial charge in [0.05, 0.1) is 13.2 Å². The molecular weight excluding hydrogens is 262 g/mol. The SMILES string of the molecule is CC(C)(C)c1ccc(C(=O)N2CCCC3(COC3)C2)cc1. The van der Waals surface area contributed by atoms with E-state index in [4.69, 9.17) is 4.74 Å². The van der Waals surface area contributed by atoms with Crippen LogP contribution in [0.4, 0.5) is 0 Å². The van der Waals surface area contributed by atoms with Crippen LogP contribution in [0.1, 0.15) is 49.5 Å². The summed E-state index contributed by atoms with van der Waals surface area (Å²) >= 11 is 0. The standard InChI is InChI=1S/C18H25NO2/c1-17(2,3)15-7-5-14(6-8-15)16(20)19-10-4-9-18(11-19)12-21-13-18/h5-8H,4,9-13H2,1-3H3. The van der Waals surface area contributed by atoms with Crippen LogP contribution in [0.2, 0.25) is 0 Å². The molecule has 1 aromatic carbocycles. The molecule has 3 heteroatoms. The Morgan fingerprint density at radius 3 is 2.38 bits per heavy atom. The molecule has 2 aliphatic rings. The smallest absolute Gasteiger partial charge is 0.253 e. The second kappa shape index (κ2) is 5.13. The number of hydrogen-bond donors (Lipinski definition) is 0. The summed E-state index contributed by atoms with van der Waals surface area (Å²) in [6.45, 7) is 9.94. The van der Waals surface area contributed by atoms with Gasteiger partial charge in [0.1, 0.15) is 0 Å². The minimum Gasteiger partial charge on any atom is -0.380 e. The molecule has 1 spiro atoms. The van der Waals surface area contributed by atoms with Crippen molar-refractivity contribution < 1.29 is 9.53 Å². The van der Waals surface area contributed by atoms with Crippen molar-refractivity contribution in [3.8, 4) is 0 Å². The normalized spacial score (nSPS) is 21.2. The first-order valence-corrected chi connectivity index (χ1v) is 7.87. The van der Waals surface area contributed by atoms with E-state index in [1.165, 1.54) is 12.0 Å². The molecule has 3 nitrogen and oxygen atoms in total. The Balaban J connectivity index is 1.72. The van der Waals surface area contributed by atoms with E-state index in [1.807, 2.05) is 17.0 Å². The van der Waals surface area contributed by atoms with Gasteiger partial charge in [-0.1, -0.05) is 32.9 Å². The molecule has 0 unspecified atom stereocenters. The van der Waals surface area contributed by atoms with Crippen molar-refractivity contribution in [1.29, 1.82) is 0 Å². The van der Waals surface area contributed by atoms with Crippen LogP contribution in [-0.2, 0) is 10.2 Å². The maximum absolute atomic E-state index is 12.7. The molecule has 0 atom stereocenters. The summed E-state index contributed by atoms with van der Waals surface area (Å²) in [4.78, 5) is 14.7. The lowest BCUT2D eigenvalue weighted by atomic mass is 9.78. The monoisotopic (exact) mass is 287 g/mol. The largest absolute Gasteiger partial charge is 0.380 e. The van der Waals surface area contributed by atoms with Gasteiger partial charge in [0, 0.05) is 24.1 Å². The van der Waals surface area contributed by atoms with Crippen LogP contribution in [0.5, 0.6) is 0 Å². The molecule has 2 fully saturated rings. The maximum Gasteiger partial charge on any atom is 0.253 e. The van der Waals surface area contributed by atoms with Crippen molar-refractivity contribution >= 4 is 5.91 Å². The van der Waals surface area contributed by atoms with Gasteiger partial charge in [-0.05, 0) is 36.0 Å². The highest BCUT2D eigenvalue weighted by Crippen LogP contribution is 2.37. The van der Waals surface area contributed by atoms with Gasteiger partial charge in [-0.25, -0.2) is 0 Å². The summed E-state index contributed by atoms with van der Waals surface area (Å²) in [5.41, 5.74) is 2.45. The number of carbonyl (C=O) groups excluding carboxylic acids is 1. The zero-order valence-corrected chi connectivity index (χ0v) is 13.3.